The number of likely N-dealkylation sites (tertiary alicyclic amines) is 1. The van der Waals surface area contributed by atoms with Gasteiger partial charge in [0.2, 0.25) is 5.91 Å². The number of morpholine rings is 1. The second-order valence-electron chi connectivity index (χ2n) is 6.10. The summed E-state index contributed by atoms with van der Waals surface area (Å²) >= 11 is 0. The molecule has 2 rings (SSSR count). The molecule has 5 heteroatoms. The molecule has 2 saturated heterocycles. The third-order valence-electron chi connectivity index (χ3n) is 4.40. The molecule has 0 aliphatic carbocycles. The second kappa shape index (κ2) is 7.96. The molecule has 0 aromatic rings. The molecule has 2 fully saturated rings. The number of carbonyl (C=O) groups excluding carboxylic acids is 1. The van der Waals surface area contributed by atoms with Gasteiger partial charge >= 0.3 is 0 Å². The van der Waals surface area contributed by atoms with E-state index in [1.807, 2.05) is 4.90 Å². The smallest absolute Gasteiger partial charge is 0.224 e. The van der Waals surface area contributed by atoms with Crippen molar-refractivity contribution in [2.45, 2.75) is 45.2 Å². The van der Waals surface area contributed by atoms with Crippen molar-refractivity contribution >= 4 is 5.91 Å². The first-order valence-corrected chi connectivity index (χ1v) is 8.00. The molecule has 1 amide bonds. The van der Waals surface area contributed by atoms with E-state index in [2.05, 4.69) is 24.1 Å². The first-order valence-electron chi connectivity index (χ1n) is 8.00. The molecular weight excluding hydrogens is 254 g/mol. The van der Waals surface area contributed by atoms with E-state index < -0.39 is 0 Å². The van der Waals surface area contributed by atoms with Crippen LogP contribution in [-0.4, -0.2) is 73.7 Å². The van der Waals surface area contributed by atoms with E-state index in [-0.39, 0.29) is 5.91 Å². The van der Waals surface area contributed by atoms with Gasteiger partial charge < -0.3 is 19.9 Å². The molecule has 2 heterocycles. The van der Waals surface area contributed by atoms with Crippen molar-refractivity contribution in [1.82, 2.24) is 15.1 Å². The number of hydrogen-bond donors (Lipinski definition) is 1. The molecule has 2 aliphatic rings. The van der Waals surface area contributed by atoms with Gasteiger partial charge in [-0.1, -0.05) is 0 Å². The first-order chi connectivity index (χ1) is 9.66. The van der Waals surface area contributed by atoms with Crippen LogP contribution in [0.5, 0.6) is 0 Å². The molecular formula is C15H29N3O2. The van der Waals surface area contributed by atoms with Gasteiger partial charge in [-0.25, -0.2) is 0 Å². The van der Waals surface area contributed by atoms with Crippen molar-refractivity contribution in [2.24, 2.45) is 0 Å². The van der Waals surface area contributed by atoms with E-state index in [4.69, 9.17) is 4.74 Å². The summed E-state index contributed by atoms with van der Waals surface area (Å²) in [5.74, 6) is 0.264. The lowest BCUT2D eigenvalue weighted by atomic mass is 10.0. The lowest BCUT2D eigenvalue weighted by molar-refractivity contribution is -0.135. The fourth-order valence-electron chi connectivity index (χ4n) is 2.97. The summed E-state index contributed by atoms with van der Waals surface area (Å²) in [6, 6.07) is 1.24. The van der Waals surface area contributed by atoms with Crippen LogP contribution in [0.4, 0.5) is 0 Å². The van der Waals surface area contributed by atoms with Crippen LogP contribution in [0.3, 0.4) is 0 Å². The Hall–Kier alpha value is -0.650. The molecule has 0 unspecified atom stereocenters. The summed E-state index contributed by atoms with van der Waals surface area (Å²) in [5, 5.41) is 3.55. The van der Waals surface area contributed by atoms with Crippen LogP contribution >= 0.6 is 0 Å². The van der Waals surface area contributed by atoms with E-state index in [0.29, 0.717) is 31.7 Å². The summed E-state index contributed by atoms with van der Waals surface area (Å²) in [5.41, 5.74) is 0. The molecule has 116 valence electrons. The Morgan fingerprint density at radius 2 is 1.85 bits per heavy atom. The Morgan fingerprint density at radius 1 is 1.20 bits per heavy atom. The standard InChI is InChI=1S/C15H29N3O2/c1-13(2)17-7-4-14(5-8-17)16-6-3-15(19)18-9-11-20-12-10-18/h13-14,16H,3-12H2,1-2H3. The van der Waals surface area contributed by atoms with Gasteiger partial charge in [-0.2, -0.15) is 0 Å². The molecule has 0 atom stereocenters. The fraction of sp³-hybridized carbons (Fsp3) is 0.933. The number of piperidine rings is 1. The van der Waals surface area contributed by atoms with Crippen molar-refractivity contribution in [3.05, 3.63) is 0 Å². The Labute approximate surface area is 122 Å². The third-order valence-corrected chi connectivity index (χ3v) is 4.40. The van der Waals surface area contributed by atoms with E-state index in [9.17, 15) is 4.79 Å². The number of nitrogens with one attached hydrogen (secondary N) is 1. The first kappa shape index (κ1) is 15.7. The Balaban J connectivity index is 1.58. The molecule has 0 aromatic carbocycles. The van der Waals surface area contributed by atoms with Crippen molar-refractivity contribution < 1.29 is 9.53 Å². The highest BCUT2D eigenvalue weighted by molar-refractivity contribution is 5.76. The largest absolute Gasteiger partial charge is 0.378 e. The van der Waals surface area contributed by atoms with E-state index in [1.165, 1.54) is 25.9 Å². The van der Waals surface area contributed by atoms with Gasteiger partial charge in [-0.15, -0.1) is 0 Å². The van der Waals surface area contributed by atoms with Gasteiger partial charge in [0.15, 0.2) is 0 Å². The minimum atomic E-state index is 0.264. The van der Waals surface area contributed by atoms with Gasteiger partial charge in [-0.05, 0) is 39.8 Å². The van der Waals surface area contributed by atoms with E-state index in [1.54, 1.807) is 0 Å². The summed E-state index contributed by atoms with van der Waals surface area (Å²) in [4.78, 5) is 16.5. The average molecular weight is 283 g/mol. The zero-order valence-corrected chi connectivity index (χ0v) is 12.9. The van der Waals surface area contributed by atoms with Gasteiger partial charge in [-0.3, -0.25) is 4.79 Å². The molecule has 20 heavy (non-hydrogen) atoms. The average Bonchev–Trinajstić information content (AvgIpc) is 2.48. The van der Waals surface area contributed by atoms with Crippen LogP contribution in [0, 0.1) is 0 Å². The van der Waals surface area contributed by atoms with Crippen LogP contribution in [-0.2, 0) is 9.53 Å². The number of carbonyl (C=O) groups is 1. The molecule has 0 spiro atoms. The third kappa shape index (κ3) is 4.72. The predicted octanol–water partition coefficient (Wildman–Crippen LogP) is 0.698. The lowest BCUT2D eigenvalue weighted by Crippen LogP contribution is -2.46. The maximum Gasteiger partial charge on any atom is 0.224 e. The van der Waals surface area contributed by atoms with Crippen molar-refractivity contribution in [1.29, 1.82) is 0 Å². The summed E-state index contributed by atoms with van der Waals surface area (Å²) in [7, 11) is 0. The van der Waals surface area contributed by atoms with E-state index in [0.717, 1.165) is 19.6 Å². The Kier molecular flexibility index (Phi) is 6.26. The van der Waals surface area contributed by atoms with Crippen molar-refractivity contribution in [2.75, 3.05) is 45.9 Å². The van der Waals surface area contributed by atoms with Gasteiger partial charge in [0, 0.05) is 38.1 Å². The second-order valence-corrected chi connectivity index (χ2v) is 6.10. The van der Waals surface area contributed by atoms with Crippen LogP contribution < -0.4 is 5.32 Å². The van der Waals surface area contributed by atoms with Crippen LogP contribution in [0.25, 0.3) is 0 Å². The highest BCUT2D eigenvalue weighted by Gasteiger charge is 2.21. The van der Waals surface area contributed by atoms with Crippen molar-refractivity contribution in [3.8, 4) is 0 Å². The summed E-state index contributed by atoms with van der Waals surface area (Å²) in [6.45, 7) is 10.6. The molecule has 5 nitrogen and oxygen atoms in total. The van der Waals surface area contributed by atoms with Crippen molar-refractivity contribution in [3.63, 3.8) is 0 Å². The number of rotatable bonds is 5. The normalized spacial score (nSPS) is 22.4. The highest BCUT2D eigenvalue weighted by Crippen LogP contribution is 2.12. The molecule has 0 aromatic heterocycles. The predicted molar refractivity (Wildman–Crippen MR) is 79.7 cm³/mol. The lowest BCUT2D eigenvalue weighted by Gasteiger charge is -2.35. The molecule has 0 radical (unpaired) electrons. The molecule has 1 N–H and O–H groups in total. The van der Waals surface area contributed by atoms with E-state index >= 15 is 0 Å². The number of hydrogen-bond acceptors (Lipinski definition) is 4. The van der Waals surface area contributed by atoms with Crippen LogP contribution in [0.2, 0.25) is 0 Å². The minimum absolute atomic E-state index is 0.264. The van der Waals surface area contributed by atoms with Gasteiger partial charge in [0.25, 0.3) is 0 Å². The molecule has 2 aliphatic heterocycles. The molecule has 0 bridgehead atoms. The van der Waals surface area contributed by atoms with Crippen LogP contribution in [0.1, 0.15) is 33.1 Å². The number of amides is 1. The highest BCUT2D eigenvalue weighted by atomic mass is 16.5. The Morgan fingerprint density at radius 3 is 2.45 bits per heavy atom. The maximum atomic E-state index is 12.0. The minimum Gasteiger partial charge on any atom is -0.378 e. The fourth-order valence-corrected chi connectivity index (χ4v) is 2.97. The monoisotopic (exact) mass is 283 g/mol. The zero-order chi connectivity index (χ0) is 14.4. The summed E-state index contributed by atoms with van der Waals surface area (Å²) in [6.07, 6.45) is 3.01. The van der Waals surface area contributed by atoms with Gasteiger partial charge in [0.1, 0.15) is 0 Å². The Bertz CT molecular complexity index is 295. The SMILES string of the molecule is CC(C)N1CCC(NCCC(=O)N2CCOCC2)CC1. The van der Waals surface area contributed by atoms with Crippen LogP contribution in [0.15, 0.2) is 0 Å². The quantitative estimate of drug-likeness (QED) is 0.807. The topological polar surface area (TPSA) is 44.8 Å². The number of ether oxygens (including phenoxy) is 1. The number of nitrogens with zero attached hydrogens (tertiary/aromatic N) is 2. The zero-order valence-electron chi connectivity index (χ0n) is 12.9. The van der Waals surface area contributed by atoms with Gasteiger partial charge in [0.05, 0.1) is 13.2 Å². The summed E-state index contributed by atoms with van der Waals surface area (Å²) < 4.78 is 5.26. The molecule has 0 saturated carbocycles. The maximum absolute atomic E-state index is 12.0.